The van der Waals surface area contributed by atoms with E-state index in [9.17, 15) is 9.59 Å². The molecule has 0 aliphatic rings. The van der Waals surface area contributed by atoms with Gasteiger partial charge in [-0.15, -0.1) is 0 Å². The normalized spacial score (nSPS) is 11.5. The minimum atomic E-state index is -0.472. The Morgan fingerprint density at radius 1 is 1.17 bits per heavy atom. The molecule has 0 bridgehead atoms. The molecule has 0 saturated heterocycles. The van der Waals surface area contributed by atoms with Crippen LogP contribution >= 0.6 is 0 Å². The van der Waals surface area contributed by atoms with E-state index in [0.717, 1.165) is 12.8 Å². The van der Waals surface area contributed by atoms with Crippen molar-refractivity contribution < 1.29 is 14.3 Å². The Bertz CT molecular complexity index is 277. The molecule has 4 nitrogen and oxygen atoms in total. The van der Waals surface area contributed by atoms with Gasteiger partial charge in [-0.1, -0.05) is 47.5 Å². The lowest BCUT2D eigenvalue weighted by molar-refractivity contribution is -0.150. The minimum absolute atomic E-state index is 0.000185. The molecular weight excluding hydrogens is 230 g/mol. The first kappa shape index (κ1) is 16.9. The number of methoxy groups -OCH3 is 1. The molecule has 0 radical (unpaired) electrons. The first-order chi connectivity index (χ1) is 8.26. The van der Waals surface area contributed by atoms with Crippen LogP contribution in [0.2, 0.25) is 0 Å². The van der Waals surface area contributed by atoms with Crippen LogP contribution in [-0.4, -0.2) is 37.0 Å². The van der Waals surface area contributed by atoms with Gasteiger partial charge in [0.25, 0.3) is 0 Å². The van der Waals surface area contributed by atoms with Crippen molar-refractivity contribution in [2.75, 3.05) is 20.2 Å². The first-order valence-electron chi connectivity index (χ1n) is 6.62. The van der Waals surface area contributed by atoms with Gasteiger partial charge in [0, 0.05) is 12.0 Å². The summed E-state index contributed by atoms with van der Waals surface area (Å²) in [5.41, 5.74) is -0.472. The second kappa shape index (κ2) is 7.39. The molecule has 0 aliphatic heterocycles. The van der Waals surface area contributed by atoms with Gasteiger partial charge in [-0.05, 0) is 5.92 Å². The van der Waals surface area contributed by atoms with Crippen LogP contribution in [0.5, 0.6) is 0 Å². The zero-order chi connectivity index (χ0) is 14.3. The highest BCUT2D eigenvalue weighted by Crippen LogP contribution is 2.20. The van der Waals surface area contributed by atoms with Gasteiger partial charge in [0.1, 0.15) is 6.54 Å². The molecule has 0 spiro atoms. The van der Waals surface area contributed by atoms with Crippen molar-refractivity contribution in [1.82, 2.24) is 4.90 Å². The second-order valence-electron chi connectivity index (χ2n) is 5.69. The molecule has 0 aliphatic carbocycles. The lowest BCUT2D eigenvalue weighted by atomic mass is 9.93. The number of hydrogen-bond acceptors (Lipinski definition) is 3. The fourth-order valence-electron chi connectivity index (χ4n) is 1.77. The number of ether oxygens (including phenoxy) is 1. The minimum Gasteiger partial charge on any atom is -0.468 e. The van der Waals surface area contributed by atoms with Crippen LogP contribution in [0.15, 0.2) is 0 Å². The van der Waals surface area contributed by atoms with Crippen LogP contribution in [0.1, 0.15) is 47.5 Å². The second-order valence-corrected chi connectivity index (χ2v) is 5.69. The molecule has 0 atom stereocenters. The first-order valence-corrected chi connectivity index (χ1v) is 6.62. The summed E-state index contributed by atoms with van der Waals surface area (Å²) >= 11 is 0. The molecule has 0 fully saturated rings. The maximum absolute atomic E-state index is 12.3. The number of esters is 1. The van der Waals surface area contributed by atoms with Gasteiger partial charge in [0.05, 0.1) is 7.11 Å². The maximum Gasteiger partial charge on any atom is 0.325 e. The van der Waals surface area contributed by atoms with Gasteiger partial charge >= 0.3 is 5.97 Å². The summed E-state index contributed by atoms with van der Waals surface area (Å²) in [6.07, 6.45) is 2.01. The monoisotopic (exact) mass is 257 g/mol. The molecular formula is C14H27NO3. The van der Waals surface area contributed by atoms with E-state index in [1.807, 2.05) is 20.8 Å². The van der Waals surface area contributed by atoms with Crippen molar-refractivity contribution >= 4 is 11.9 Å². The van der Waals surface area contributed by atoms with Crippen LogP contribution in [0, 0.1) is 11.3 Å². The van der Waals surface area contributed by atoms with E-state index < -0.39 is 5.41 Å². The summed E-state index contributed by atoms with van der Waals surface area (Å²) in [6.45, 7) is 10.5. The average Bonchev–Trinajstić information content (AvgIpc) is 2.31. The maximum atomic E-state index is 12.3. The smallest absolute Gasteiger partial charge is 0.325 e. The van der Waals surface area contributed by atoms with Crippen molar-refractivity contribution in [3.8, 4) is 0 Å². The third kappa shape index (κ3) is 5.52. The van der Waals surface area contributed by atoms with Crippen molar-refractivity contribution in [3.63, 3.8) is 0 Å². The van der Waals surface area contributed by atoms with Crippen molar-refractivity contribution in [3.05, 3.63) is 0 Å². The Balaban J connectivity index is 4.82. The summed E-state index contributed by atoms with van der Waals surface area (Å²) in [4.78, 5) is 25.3. The Hall–Kier alpha value is -1.06. The fraction of sp³-hybridized carbons (Fsp3) is 0.857. The number of hydrogen-bond donors (Lipinski definition) is 0. The number of nitrogens with zero attached hydrogens (tertiary/aromatic N) is 1. The van der Waals surface area contributed by atoms with Gasteiger partial charge in [0.15, 0.2) is 0 Å². The molecule has 106 valence electrons. The molecule has 0 aromatic heterocycles. The summed E-state index contributed by atoms with van der Waals surface area (Å²) in [7, 11) is 1.35. The molecule has 0 N–H and O–H groups in total. The lowest BCUT2D eigenvalue weighted by Gasteiger charge is -2.31. The van der Waals surface area contributed by atoms with E-state index in [1.54, 1.807) is 4.90 Å². The summed E-state index contributed by atoms with van der Waals surface area (Å²) in [5, 5.41) is 0. The van der Waals surface area contributed by atoms with E-state index in [1.165, 1.54) is 7.11 Å². The predicted octanol–water partition coefficient (Wildman–Crippen LogP) is 2.47. The van der Waals surface area contributed by atoms with E-state index in [-0.39, 0.29) is 18.4 Å². The highest BCUT2D eigenvalue weighted by Gasteiger charge is 2.29. The highest BCUT2D eigenvalue weighted by atomic mass is 16.5. The van der Waals surface area contributed by atoms with E-state index in [4.69, 9.17) is 0 Å². The van der Waals surface area contributed by atoms with Crippen LogP contribution < -0.4 is 0 Å². The molecule has 0 saturated carbocycles. The topological polar surface area (TPSA) is 46.6 Å². The third-order valence-electron chi connectivity index (χ3n) is 3.11. The number of carbonyl (C=O) groups excluding carboxylic acids is 2. The SMILES string of the molecule is CCC(CC)CN(CC(=O)OC)C(=O)C(C)(C)C. The summed E-state index contributed by atoms with van der Waals surface area (Å²) < 4.78 is 4.66. The predicted molar refractivity (Wildman–Crippen MR) is 72.1 cm³/mol. The van der Waals surface area contributed by atoms with Gasteiger partial charge < -0.3 is 9.64 Å². The standard InChI is InChI=1S/C14H27NO3/c1-7-11(8-2)9-15(10-12(16)18-6)13(17)14(3,4)5/h11H,7-10H2,1-6H3. The van der Waals surface area contributed by atoms with Gasteiger partial charge in [0.2, 0.25) is 5.91 Å². The Morgan fingerprint density at radius 3 is 2.00 bits per heavy atom. The van der Waals surface area contributed by atoms with Crippen molar-refractivity contribution in [2.24, 2.45) is 11.3 Å². The van der Waals surface area contributed by atoms with Gasteiger partial charge in [-0.2, -0.15) is 0 Å². The lowest BCUT2D eigenvalue weighted by Crippen LogP contribution is -2.44. The summed E-state index contributed by atoms with van der Waals surface area (Å²) in [5.74, 6) is 0.0688. The third-order valence-corrected chi connectivity index (χ3v) is 3.11. The molecule has 0 heterocycles. The van der Waals surface area contributed by atoms with Crippen LogP contribution in [0.25, 0.3) is 0 Å². The number of rotatable bonds is 6. The van der Waals surface area contributed by atoms with Gasteiger partial charge in [-0.25, -0.2) is 0 Å². The van der Waals surface area contributed by atoms with E-state index in [2.05, 4.69) is 18.6 Å². The van der Waals surface area contributed by atoms with E-state index in [0.29, 0.717) is 12.5 Å². The molecule has 1 amide bonds. The Kier molecular flexibility index (Phi) is 6.96. The average molecular weight is 257 g/mol. The summed E-state index contributed by atoms with van der Waals surface area (Å²) in [6, 6.07) is 0. The zero-order valence-electron chi connectivity index (χ0n) is 12.6. The number of carbonyl (C=O) groups is 2. The number of amides is 1. The Morgan fingerprint density at radius 2 is 1.67 bits per heavy atom. The van der Waals surface area contributed by atoms with Gasteiger partial charge in [-0.3, -0.25) is 9.59 Å². The van der Waals surface area contributed by atoms with Crippen LogP contribution in [0.3, 0.4) is 0 Å². The zero-order valence-corrected chi connectivity index (χ0v) is 12.6. The van der Waals surface area contributed by atoms with Crippen molar-refractivity contribution in [2.45, 2.75) is 47.5 Å². The molecule has 4 heteroatoms. The van der Waals surface area contributed by atoms with Crippen molar-refractivity contribution in [1.29, 1.82) is 0 Å². The molecule has 0 rings (SSSR count). The quantitative estimate of drug-likeness (QED) is 0.687. The van der Waals surface area contributed by atoms with Crippen LogP contribution in [-0.2, 0) is 14.3 Å². The van der Waals surface area contributed by atoms with E-state index >= 15 is 0 Å². The van der Waals surface area contributed by atoms with Crippen LogP contribution in [0.4, 0.5) is 0 Å². The highest BCUT2D eigenvalue weighted by molar-refractivity contribution is 5.85. The molecule has 18 heavy (non-hydrogen) atoms. The molecule has 0 unspecified atom stereocenters. The largest absolute Gasteiger partial charge is 0.468 e. The fourth-order valence-corrected chi connectivity index (χ4v) is 1.77. The Labute approximate surface area is 111 Å². The molecule has 0 aromatic carbocycles. The molecule has 0 aromatic rings.